The summed E-state index contributed by atoms with van der Waals surface area (Å²) in [4.78, 5) is 62.5. The number of Topliss-reactive ketones (excluding diaryl/α,β-unsaturated/α-hetero) is 2. The van der Waals surface area contributed by atoms with Crippen LogP contribution >= 0.6 is 0 Å². The monoisotopic (exact) mass is 1050 g/mol. The Morgan fingerprint density at radius 3 is 1.24 bits per heavy atom. The maximum atomic E-state index is 13.9. The van der Waals surface area contributed by atoms with Gasteiger partial charge in [0.25, 0.3) is 11.8 Å². The molecule has 0 bridgehead atoms. The summed E-state index contributed by atoms with van der Waals surface area (Å²) >= 11 is 0. The van der Waals surface area contributed by atoms with Crippen LogP contribution in [0.4, 0.5) is 57.1 Å². The molecule has 2 aliphatic heterocycles. The highest BCUT2D eigenvalue weighted by molar-refractivity contribution is 5.96. The van der Waals surface area contributed by atoms with Gasteiger partial charge in [-0.1, -0.05) is 11.6 Å². The number of aromatic nitrogens is 2. The second-order valence-electron chi connectivity index (χ2n) is 18.5. The second-order valence-corrected chi connectivity index (χ2v) is 18.5. The number of halogens is 13. The molecule has 0 saturated carbocycles. The van der Waals surface area contributed by atoms with E-state index in [1.165, 1.54) is 41.8 Å². The highest BCUT2D eigenvalue weighted by atomic mass is 19.4. The Labute approximate surface area is 414 Å². The summed E-state index contributed by atoms with van der Waals surface area (Å²) in [5.74, 6) is -2.63. The van der Waals surface area contributed by atoms with E-state index in [2.05, 4.69) is 9.97 Å². The molecular weight excluding hydrogens is 1010 g/mol. The lowest BCUT2D eigenvalue weighted by Gasteiger charge is -2.41. The predicted octanol–water partition coefficient (Wildman–Crippen LogP) is 10.8. The minimum absolute atomic E-state index is 0.00728. The standard InChI is InChI=1S/C26H25F6N3O2.C25H22F7N3O2/c1-15-3-4-23-22(7-15)18(12-33-23)10-21-14-34(13-16(2)36)5-6-35(21)24(37)17-8-19(25(27,28)29)11-20(9-17)26(30,31)32;1-14(36)12-34-4-5-35(20(13-34)8-16-11-33-22-3-2-19(26)10-21(16)22)23(37)15-6-17(24(27,28)29)9-18(7-15)25(30,31)32/h3-4,7-9,11-12,21,33H,5-6,10,13-14H2,1-2H3;2-3,6-7,9-11,20,33H,4-5,8,12-13H2,1H3. The van der Waals surface area contributed by atoms with Crippen LogP contribution < -0.4 is 0 Å². The van der Waals surface area contributed by atoms with E-state index in [0.717, 1.165) is 22.0 Å². The first-order valence-corrected chi connectivity index (χ1v) is 22.9. The lowest BCUT2D eigenvalue weighted by atomic mass is 9.98. The molecule has 4 aromatic carbocycles. The van der Waals surface area contributed by atoms with Crippen LogP contribution in [0.15, 0.2) is 85.2 Å². The normalized spacial score (nSPS) is 17.4. The molecule has 2 atom stereocenters. The maximum absolute atomic E-state index is 13.9. The quantitative estimate of drug-likeness (QED) is 0.132. The van der Waals surface area contributed by atoms with Crippen molar-refractivity contribution in [3.05, 3.63) is 141 Å². The lowest BCUT2D eigenvalue weighted by molar-refractivity contribution is -0.144. The number of H-pyrrole nitrogens is 2. The van der Waals surface area contributed by atoms with Crippen molar-refractivity contribution in [2.45, 2.75) is 70.4 Å². The minimum atomic E-state index is -5.09. The fourth-order valence-corrected chi connectivity index (χ4v) is 9.42. The van der Waals surface area contributed by atoms with Crippen molar-refractivity contribution in [2.75, 3.05) is 52.4 Å². The Morgan fingerprint density at radius 2 is 0.878 bits per heavy atom. The number of benzene rings is 4. The third-order valence-corrected chi connectivity index (χ3v) is 12.8. The topological polar surface area (TPSA) is 113 Å². The number of amides is 2. The molecule has 2 saturated heterocycles. The number of carbonyl (C=O) groups is 4. The molecule has 74 heavy (non-hydrogen) atoms. The largest absolute Gasteiger partial charge is 0.416 e. The Bertz CT molecular complexity index is 2800. The molecule has 0 spiro atoms. The van der Waals surface area contributed by atoms with Gasteiger partial charge in [-0.25, -0.2) is 4.39 Å². The van der Waals surface area contributed by atoms with Gasteiger partial charge in [0, 0.05) is 96.7 Å². The zero-order valence-electron chi connectivity index (χ0n) is 39.6. The first-order valence-electron chi connectivity index (χ1n) is 22.9. The predicted molar refractivity (Wildman–Crippen MR) is 245 cm³/mol. The molecule has 0 aliphatic carbocycles. The molecule has 2 fully saturated rings. The summed E-state index contributed by atoms with van der Waals surface area (Å²) in [6.45, 7) is 5.83. The first kappa shape index (κ1) is 55.0. The van der Waals surface area contributed by atoms with Gasteiger partial charge in [0.15, 0.2) is 0 Å². The van der Waals surface area contributed by atoms with Crippen LogP contribution in [0, 0.1) is 12.7 Å². The second kappa shape index (κ2) is 21.2. The van der Waals surface area contributed by atoms with Gasteiger partial charge in [0.05, 0.1) is 35.3 Å². The highest BCUT2D eigenvalue weighted by Crippen LogP contribution is 2.39. The Balaban J connectivity index is 0.000000216. The smallest absolute Gasteiger partial charge is 0.361 e. The van der Waals surface area contributed by atoms with Gasteiger partial charge in [-0.05, 0) is 111 Å². The summed E-state index contributed by atoms with van der Waals surface area (Å²) in [6.07, 6.45) is -16.5. The highest BCUT2D eigenvalue weighted by Gasteiger charge is 2.41. The molecular formula is C51H47F13N6O4. The number of aromatic amines is 2. The number of nitrogens with zero attached hydrogens (tertiary/aromatic N) is 4. The average Bonchev–Trinajstić information content (AvgIpc) is 3.89. The molecule has 2 unspecified atom stereocenters. The van der Waals surface area contributed by atoms with Crippen LogP contribution in [-0.2, 0) is 47.1 Å². The van der Waals surface area contributed by atoms with E-state index in [4.69, 9.17) is 0 Å². The van der Waals surface area contributed by atoms with Crippen molar-refractivity contribution in [3.63, 3.8) is 0 Å². The average molecular weight is 1050 g/mol. The van der Waals surface area contributed by atoms with Crippen molar-refractivity contribution < 1.29 is 76.3 Å². The summed E-state index contributed by atoms with van der Waals surface area (Å²) in [5.41, 5.74) is -3.69. The number of ketones is 2. The van der Waals surface area contributed by atoms with E-state index in [1.807, 2.05) is 30.0 Å². The van der Waals surface area contributed by atoms with E-state index < -0.39 is 87.8 Å². The summed E-state index contributed by atoms with van der Waals surface area (Å²) in [7, 11) is 0. The van der Waals surface area contributed by atoms with Crippen LogP contribution in [0.5, 0.6) is 0 Å². The van der Waals surface area contributed by atoms with Crippen LogP contribution in [0.25, 0.3) is 21.8 Å². The van der Waals surface area contributed by atoms with Crippen LogP contribution in [0.2, 0.25) is 0 Å². The zero-order chi connectivity index (χ0) is 54.2. The molecule has 396 valence electrons. The molecule has 23 heteroatoms. The Hall–Kier alpha value is -6.75. The lowest BCUT2D eigenvalue weighted by Crippen LogP contribution is -2.56. The van der Waals surface area contributed by atoms with Gasteiger partial charge < -0.3 is 19.8 Å². The third kappa shape index (κ3) is 13.1. The molecule has 2 aromatic heterocycles. The van der Waals surface area contributed by atoms with E-state index in [1.54, 1.807) is 17.3 Å². The summed E-state index contributed by atoms with van der Waals surface area (Å²) in [5, 5.41) is 1.45. The number of hydrogen-bond acceptors (Lipinski definition) is 6. The van der Waals surface area contributed by atoms with E-state index >= 15 is 0 Å². The number of aryl methyl sites for hydroxylation is 1. The van der Waals surface area contributed by atoms with Crippen LogP contribution in [0.3, 0.4) is 0 Å². The molecule has 2 N–H and O–H groups in total. The number of piperazine rings is 2. The van der Waals surface area contributed by atoms with Crippen LogP contribution in [-0.4, -0.2) is 117 Å². The van der Waals surface area contributed by atoms with Crippen molar-refractivity contribution >= 4 is 45.2 Å². The maximum Gasteiger partial charge on any atom is 0.416 e. The molecule has 4 heterocycles. The van der Waals surface area contributed by atoms with Gasteiger partial charge >= 0.3 is 24.7 Å². The number of carbonyl (C=O) groups excluding carboxylic acids is 4. The Morgan fingerprint density at radius 1 is 0.514 bits per heavy atom. The summed E-state index contributed by atoms with van der Waals surface area (Å²) < 4.78 is 174. The molecule has 2 aliphatic rings. The Kier molecular flexibility index (Phi) is 15.8. The number of hydrogen-bond donors (Lipinski definition) is 2. The van der Waals surface area contributed by atoms with E-state index in [0.29, 0.717) is 47.2 Å². The van der Waals surface area contributed by atoms with E-state index in [-0.39, 0.29) is 82.5 Å². The number of alkyl halides is 12. The third-order valence-electron chi connectivity index (χ3n) is 12.8. The van der Waals surface area contributed by atoms with Crippen LogP contribution in [0.1, 0.15) is 73.5 Å². The van der Waals surface area contributed by atoms with Gasteiger partial charge in [0.1, 0.15) is 17.4 Å². The fraction of sp³-hybridized carbons (Fsp3) is 0.373. The SMILES string of the molecule is CC(=O)CN1CCN(C(=O)c2cc(C(F)(F)F)cc(C(F)(F)F)c2)C(Cc2c[nH]c3ccc(C)cc23)C1.CC(=O)CN1CCN(C(=O)c2cc(C(F)(F)F)cc(C(F)(F)F)c2)C(Cc2c[nH]c3ccc(F)cc23)C1. The van der Waals surface area contributed by atoms with Crippen molar-refractivity contribution in [2.24, 2.45) is 0 Å². The van der Waals surface area contributed by atoms with Crippen molar-refractivity contribution in [1.29, 1.82) is 0 Å². The number of nitrogens with one attached hydrogen (secondary N) is 2. The molecule has 10 nitrogen and oxygen atoms in total. The number of rotatable bonds is 10. The van der Waals surface area contributed by atoms with E-state index in [9.17, 15) is 76.3 Å². The van der Waals surface area contributed by atoms with Gasteiger partial charge in [-0.3, -0.25) is 29.0 Å². The zero-order valence-corrected chi connectivity index (χ0v) is 39.6. The van der Waals surface area contributed by atoms with Crippen molar-refractivity contribution in [1.82, 2.24) is 29.6 Å². The number of fused-ring (bicyclic) bond motifs is 2. The molecule has 6 aromatic rings. The van der Waals surface area contributed by atoms with Gasteiger partial charge in [-0.15, -0.1) is 0 Å². The molecule has 0 radical (unpaired) electrons. The minimum Gasteiger partial charge on any atom is -0.361 e. The van der Waals surface area contributed by atoms with Gasteiger partial charge in [0.2, 0.25) is 0 Å². The molecule has 8 rings (SSSR count). The van der Waals surface area contributed by atoms with Crippen molar-refractivity contribution in [3.8, 4) is 0 Å². The summed E-state index contributed by atoms with van der Waals surface area (Å²) in [6, 6.07) is 10.3. The van der Waals surface area contributed by atoms with Gasteiger partial charge in [-0.2, -0.15) is 52.7 Å². The molecule has 2 amide bonds. The first-order chi connectivity index (χ1) is 34.4. The fourth-order valence-electron chi connectivity index (χ4n) is 9.42.